The molecule has 0 saturated heterocycles. The summed E-state index contributed by atoms with van der Waals surface area (Å²) in [6.07, 6.45) is 0. The van der Waals surface area contributed by atoms with Crippen LogP contribution in [0.2, 0.25) is 0 Å². The minimum atomic E-state index is -0.626. The van der Waals surface area contributed by atoms with Gasteiger partial charge >= 0.3 is 0 Å². The molecule has 1 rings (SSSR count). The topological polar surface area (TPSA) is 105 Å². The van der Waals surface area contributed by atoms with Crippen molar-refractivity contribution >= 4 is 30.1 Å². The molecule has 0 heterocycles. The number of nitrogens with two attached hydrogens (primary N) is 1. The molecule has 8 heteroatoms. The van der Waals surface area contributed by atoms with Gasteiger partial charge in [-0.1, -0.05) is 26.0 Å². The van der Waals surface area contributed by atoms with Crippen molar-refractivity contribution < 1.29 is 14.4 Å². The summed E-state index contributed by atoms with van der Waals surface area (Å²) in [5, 5.41) is 5.25. The molecule has 1 aromatic carbocycles. The van der Waals surface area contributed by atoms with Crippen molar-refractivity contribution in [2.45, 2.75) is 40.3 Å². The third-order valence-corrected chi connectivity index (χ3v) is 4.19. The molecule has 3 amide bonds. The van der Waals surface area contributed by atoms with E-state index in [1.165, 1.54) is 0 Å². The minimum Gasteiger partial charge on any atom is -0.350 e. The first-order chi connectivity index (χ1) is 12.3. The number of amides is 3. The first-order valence-corrected chi connectivity index (χ1v) is 8.98. The molecule has 0 aliphatic rings. The zero-order chi connectivity index (χ0) is 19.7. The Balaban J connectivity index is 0.00000676. The Morgan fingerprint density at radius 2 is 1.59 bits per heavy atom. The lowest BCUT2D eigenvalue weighted by Crippen LogP contribution is -2.47. The lowest BCUT2D eigenvalue weighted by molar-refractivity contribution is -0.127. The number of rotatable bonds is 9. The molecule has 1 atom stereocenters. The third kappa shape index (κ3) is 7.97. The molecule has 0 unspecified atom stereocenters. The van der Waals surface area contributed by atoms with E-state index in [9.17, 15) is 14.4 Å². The van der Waals surface area contributed by atoms with E-state index in [0.29, 0.717) is 25.2 Å². The van der Waals surface area contributed by atoms with Crippen molar-refractivity contribution in [3.8, 4) is 0 Å². The predicted octanol–water partition coefficient (Wildman–Crippen LogP) is 1.31. The normalized spacial score (nSPS) is 11.3. The van der Waals surface area contributed by atoms with Gasteiger partial charge < -0.3 is 21.3 Å². The van der Waals surface area contributed by atoms with Crippen LogP contribution in [0.25, 0.3) is 0 Å². The highest BCUT2D eigenvalue weighted by Gasteiger charge is 2.17. The zero-order valence-corrected chi connectivity index (χ0v) is 17.3. The molecular weight excluding hydrogens is 368 g/mol. The van der Waals surface area contributed by atoms with Gasteiger partial charge in [0.15, 0.2) is 0 Å². The summed E-state index contributed by atoms with van der Waals surface area (Å²) in [5.74, 6) is -0.627. The van der Waals surface area contributed by atoms with E-state index in [-0.39, 0.29) is 42.6 Å². The highest BCUT2D eigenvalue weighted by atomic mass is 35.5. The van der Waals surface area contributed by atoms with Crippen molar-refractivity contribution in [3.05, 3.63) is 35.4 Å². The summed E-state index contributed by atoms with van der Waals surface area (Å²) in [6, 6.07) is 6.50. The van der Waals surface area contributed by atoms with E-state index >= 15 is 0 Å². The standard InChI is InChI=1S/C19H30N4O3.ClH/c1-5-23(6-2)19(26)15-9-7-14(8-10-15)11-21-16(24)12-22-18(25)17(20)13(3)4;/h7-10,13,17H,5-6,11-12,20H2,1-4H3,(H,21,24)(H,22,25);1H/t17-;/m0./s1. The van der Waals surface area contributed by atoms with Crippen molar-refractivity contribution in [2.75, 3.05) is 19.6 Å². The van der Waals surface area contributed by atoms with Crippen LogP contribution >= 0.6 is 12.4 Å². The molecule has 4 N–H and O–H groups in total. The second kappa shape index (κ2) is 12.3. The van der Waals surface area contributed by atoms with Crippen molar-refractivity contribution in [1.29, 1.82) is 0 Å². The summed E-state index contributed by atoms with van der Waals surface area (Å²) in [5.41, 5.74) is 7.21. The number of nitrogens with zero attached hydrogens (tertiary/aromatic N) is 1. The summed E-state index contributed by atoms with van der Waals surface area (Å²) >= 11 is 0. The van der Waals surface area contributed by atoms with Gasteiger partial charge in [0.1, 0.15) is 0 Å². The Bertz CT molecular complexity index is 616. The van der Waals surface area contributed by atoms with Crippen LogP contribution in [0.1, 0.15) is 43.6 Å². The van der Waals surface area contributed by atoms with Crippen LogP contribution in [0.3, 0.4) is 0 Å². The molecule has 27 heavy (non-hydrogen) atoms. The number of carbonyl (C=O) groups excluding carboxylic acids is 3. The summed E-state index contributed by atoms with van der Waals surface area (Å²) in [7, 11) is 0. The molecule has 0 fully saturated rings. The smallest absolute Gasteiger partial charge is 0.253 e. The average Bonchev–Trinajstić information content (AvgIpc) is 2.64. The van der Waals surface area contributed by atoms with Crippen LogP contribution < -0.4 is 16.4 Å². The molecule has 7 nitrogen and oxygen atoms in total. The highest BCUT2D eigenvalue weighted by Crippen LogP contribution is 2.08. The Kier molecular flexibility index (Phi) is 11.3. The van der Waals surface area contributed by atoms with E-state index in [1.54, 1.807) is 17.0 Å². The maximum atomic E-state index is 12.2. The number of nitrogens with one attached hydrogen (secondary N) is 2. The number of carbonyl (C=O) groups is 3. The first-order valence-electron chi connectivity index (χ1n) is 8.98. The Hall–Kier alpha value is -2.12. The van der Waals surface area contributed by atoms with Gasteiger partial charge in [-0.05, 0) is 37.5 Å². The molecular formula is C19H31ClN4O3. The molecule has 0 radical (unpaired) electrons. The summed E-state index contributed by atoms with van der Waals surface area (Å²) in [4.78, 5) is 37.5. The van der Waals surface area contributed by atoms with Crippen LogP contribution in [0.4, 0.5) is 0 Å². The molecule has 1 aromatic rings. The molecule has 152 valence electrons. The fraction of sp³-hybridized carbons (Fsp3) is 0.526. The van der Waals surface area contributed by atoms with Crippen LogP contribution in [0.15, 0.2) is 24.3 Å². The number of halogens is 1. The maximum absolute atomic E-state index is 12.2. The minimum absolute atomic E-state index is 0. The van der Waals surface area contributed by atoms with E-state index in [0.717, 1.165) is 5.56 Å². The van der Waals surface area contributed by atoms with E-state index in [2.05, 4.69) is 10.6 Å². The monoisotopic (exact) mass is 398 g/mol. The van der Waals surface area contributed by atoms with Crippen LogP contribution in [-0.2, 0) is 16.1 Å². The second-order valence-electron chi connectivity index (χ2n) is 6.44. The van der Waals surface area contributed by atoms with Gasteiger partial charge in [0.05, 0.1) is 12.6 Å². The maximum Gasteiger partial charge on any atom is 0.253 e. The lowest BCUT2D eigenvalue weighted by atomic mass is 10.1. The van der Waals surface area contributed by atoms with Crippen LogP contribution in [-0.4, -0.2) is 48.3 Å². The third-order valence-electron chi connectivity index (χ3n) is 4.19. The quantitative estimate of drug-likeness (QED) is 0.583. The van der Waals surface area contributed by atoms with Gasteiger partial charge in [-0.15, -0.1) is 12.4 Å². The fourth-order valence-electron chi connectivity index (χ4n) is 2.31. The van der Waals surface area contributed by atoms with Crippen LogP contribution in [0.5, 0.6) is 0 Å². The van der Waals surface area contributed by atoms with E-state index < -0.39 is 6.04 Å². The number of benzene rings is 1. The molecule has 0 saturated carbocycles. The second-order valence-corrected chi connectivity index (χ2v) is 6.44. The highest BCUT2D eigenvalue weighted by molar-refractivity contribution is 5.94. The average molecular weight is 399 g/mol. The number of hydrogen-bond donors (Lipinski definition) is 3. The number of hydrogen-bond acceptors (Lipinski definition) is 4. The SMILES string of the molecule is CCN(CC)C(=O)c1ccc(CNC(=O)CNC(=O)[C@@H](N)C(C)C)cc1.Cl. The van der Waals surface area contributed by atoms with Gasteiger partial charge in [-0.25, -0.2) is 0 Å². The fourth-order valence-corrected chi connectivity index (χ4v) is 2.31. The molecule has 0 bridgehead atoms. The van der Waals surface area contributed by atoms with Crippen LogP contribution in [0, 0.1) is 5.92 Å². The van der Waals surface area contributed by atoms with Gasteiger partial charge in [0.2, 0.25) is 11.8 Å². The van der Waals surface area contributed by atoms with Gasteiger partial charge in [-0.3, -0.25) is 14.4 Å². The van der Waals surface area contributed by atoms with E-state index in [4.69, 9.17) is 5.73 Å². The summed E-state index contributed by atoms with van der Waals surface area (Å²) < 4.78 is 0. The zero-order valence-electron chi connectivity index (χ0n) is 16.5. The van der Waals surface area contributed by atoms with Gasteiger partial charge in [0.25, 0.3) is 5.91 Å². The summed E-state index contributed by atoms with van der Waals surface area (Å²) in [6.45, 7) is 9.12. The molecule has 0 spiro atoms. The first kappa shape index (κ1) is 24.9. The van der Waals surface area contributed by atoms with Gasteiger partial charge in [-0.2, -0.15) is 0 Å². The molecule has 0 aromatic heterocycles. The molecule has 0 aliphatic carbocycles. The largest absolute Gasteiger partial charge is 0.350 e. The Labute approximate surface area is 167 Å². The predicted molar refractivity (Wildman–Crippen MR) is 109 cm³/mol. The van der Waals surface area contributed by atoms with Crippen molar-refractivity contribution in [3.63, 3.8) is 0 Å². The van der Waals surface area contributed by atoms with Gasteiger partial charge in [0, 0.05) is 25.2 Å². The van der Waals surface area contributed by atoms with Crippen molar-refractivity contribution in [1.82, 2.24) is 15.5 Å². The Morgan fingerprint density at radius 1 is 1.04 bits per heavy atom. The Morgan fingerprint density at radius 3 is 2.07 bits per heavy atom. The van der Waals surface area contributed by atoms with Crippen molar-refractivity contribution in [2.24, 2.45) is 11.7 Å². The lowest BCUT2D eigenvalue weighted by Gasteiger charge is -2.18. The van der Waals surface area contributed by atoms with E-state index in [1.807, 2.05) is 39.8 Å². The molecule has 0 aliphatic heterocycles.